The monoisotopic (exact) mass is 286 g/mol. The van der Waals surface area contributed by atoms with Gasteiger partial charge in [-0.3, -0.25) is 4.79 Å². The van der Waals surface area contributed by atoms with Crippen LogP contribution in [0.15, 0.2) is 27.4 Å². The zero-order valence-corrected chi connectivity index (χ0v) is 12.3. The van der Waals surface area contributed by atoms with Crippen molar-refractivity contribution in [2.75, 3.05) is 0 Å². The van der Waals surface area contributed by atoms with Crippen LogP contribution in [0.25, 0.3) is 11.0 Å². The van der Waals surface area contributed by atoms with Crippen molar-refractivity contribution in [3.63, 3.8) is 0 Å². The van der Waals surface area contributed by atoms with E-state index in [0.29, 0.717) is 23.3 Å². The lowest BCUT2D eigenvalue weighted by Crippen LogP contribution is -2.30. The van der Waals surface area contributed by atoms with E-state index in [1.165, 1.54) is 0 Å². The highest BCUT2D eigenvalue weighted by atomic mass is 16.5. The number of rotatable bonds is 2. The summed E-state index contributed by atoms with van der Waals surface area (Å²) in [6, 6.07) is 5.41. The Morgan fingerprint density at radius 3 is 2.71 bits per heavy atom. The number of aryl methyl sites for hydroxylation is 1. The molecule has 4 heteroatoms. The van der Waals surface area contributed by atoms with Gasteiger partial charge in [0.1, 0.15) is 11.3 Å². The average molecular weight is 286 g/mol. The van der Waals surface area contributed by atoms with Crippen LogP contribution in [0, 0.1) is 13.8 Å². The predicted molar refractivity (Wildman–Crippen MR) is 79.8 cm³/mol. The summed E-state index contributed by atoms with van der Waals surface area (Å²) >= 11 is 0. The Kier molecular flexibility index (Phi) is 3.53. The Morgan fingerprint density at radius 2 is 1.95 bits per heavy atom. The van der Waals surface area contributed by atoms with Crippen LogP contribution in [0.4, 0.5) is 0 Å². The quantitative estimate of drug-likeness (QED) is 0.795. The molecule has 0 bridgehead atoms. The van der Waals surface area contributed by atoms with Gasteiger partial charge in [-0.1, -0.05) is 0 Å². The molecule has 1 atom stereocenters. The first-order valence-corrected chi connectivity index (χ1v) is 7.29. The van der Waals surface area contributed by atoms with Crippen molar-refractivity contribution in [1.29, 1.82) is 0 Å². The topological polar surface area (TPSA) is 56.5 Å². The minimum Gasteiger partial charge on any atom is -0.483 e. The maximum absolute atomic E-state index is 11.8. The normalized spacial score (nSPS) is 19.0. The molecule has 1 heterocycles. The van der Waals surface area contributed by atoms with E-state index < -0.39 is 0 Å². The fraction of sp³-hybridized carbons (Fsp3) is 0.412. The van der Waals surface area contributed by atoms with Gasteiger partial charge in [0, 0.05) is 23.4 Å². The van der Waals surface area contributed by atoms with Crippen molar-refractivity contribution in [2.45, 2.75) is 45.6 Å². The maximum atomic E-state index is 11.8. The van der Waals surface area contributed by atoms with E-state index in [1.807, 2.05) is 19.1 Å². The molecule has 1 saturated carbocycles. The Hall–Kier alpha value is -2.10. The molecule has 0 amide bonds. The van der Waals surface area contributed by atoms with Gasteiger partial charge in [-0.2, -0.15) is 0 Å². The molecule has 0 aliphatic heterocycles. The van der Waals surface area contributed by atoms with Gasteiger partial charge in [0.15, 0.2) is 11.9 Å². The standard InChI is InChI=1S/C17H18O4/c1-10-11(2)17(19)21-16-9-12(7-8-13(10)16)20-15-6-4-3-5-14(15)18/h7-9,15H,3-6H2,1-2H3/t15-/m1/s1. The van der Waals surface area contributed by atoms with Gasteiger partial charge >= 0.3 is 5.63 Å². The summed E-state index contributed by atoms with van der Waals surface area (Å²) in [7, 11) is 0. The highest BCUT2D eigenvalue weighted by molar-refractivity contribution is 5.85. The third-order valence-corrected chi connectivity index (χ3v) is 4.21. The number of benzene rings is 1. The Labute approximate surface area is 122 Å². The largest absolute Gasteiger partial charge is 0.483 e. The summed E-state index contributed by atoms with van der Waals surface area (Å²) < 4.78 is 11.1. The number of ketones is 1. The molecule has 1 aliphatic carbocycles. The molecule has 110 valence electrons. The van der Waals surface area contributed by atoms with Crippen molar-refractivity contribution in [3.8, 4) is 5.75 Å². The molecule has 1 aliphatic rings. The predicted octanol–water partition coefficient (Wildman–Crippen LogP) is 3.30. The third-order valence-electron chi connectivity index (χ3n) is 4.21. The molecule has 0 spiro atoms. The second-order valence-corrected chi connectivity index (χ2v) is 5.62. The SMILES string of the molecule is Cc1c(C)c2ccc(O[C@@H]3CCCCC3=O)cc2oc1=O. The minimum absolute atomic E-state index is 0.155. The number of carbonyl (C=O) groups excluding carboxylic acids is 1. The van der Waals surface area contributed by atoms with Crippen molar-refractivity contribution >= 4 is 16.8 Å². The van der Waals surface area contributed by atoms with E-state index in [1.54, 1.807) is 13.0 Å². The molecular weight excluding hydrogens is 268 g/mol. The second-order valence-electron chi connectivity index (χ2n) is 5.62. The number of hydrogen-bond acceptors (Lipinski definition) is 4. The van der Waals surface area contributed by atoms with Crippen LogP contribution in [0.1, 0.15) is 36.8 Å². The lowest BCUT2D eigenvalue weighted by molar-refractivity contribution is -0.127. The van der Waals surface area contributed by atoms with E-state index in [2.05, 4.69) is 0 Å². The molecule has 0 saturated heterocycles. The van der Waals surface area contributed by atoms with Gasteiger partial charge in [-0.15, -0.1) is 0 Å². The van der Waals surface area contributed by atoms with Crippen molar-refractivity contribution in [2.24, 2.45) is 0 Å². The molecule has 3 rings (SSSR count). The fourth-order valence-electron chi connectivity index (χ4n) is 2.74. The van der Waals surface area contributed by atoms with E-state index in [9.17, 15) is 9.59 Å². The smallest absolute Gasteiger partial charge is 0.339 e. The van der Waals surface area contributed by atoms with Gasteiger partial charge in [-0.05, 0) is 50.8 Å². The molecule has 4 nitrogen and oxygen atoms in total. The Bertz CT molecular complexity index is 757. The summed E-state index contributed by atoms with van der Waals surface area (Å²) in [6.45, 7) is 3.66. The van der Waals surface area contributed by atoms with Gasteiger partial charge in [0.2, 0.25) is 0 Å². The first-order valence-electron chi connectivity index (χ1n) is 7.29. The molecule has 2 aromatic rings. The Morgan fingerprint density at radius 1 is 1.14 bits per heavy atom. The number of ether oxygens (including phenoxy) is 1. The first-order chi connectivity index (χ1) is 10.1. The molecule has 1 aromatic carbocycles. The summed E-state index contributed by atoms with van der Waals surface area (Å²) in [6.07, 6.45) is 2.94. The van der Waals surface area contributed by atoms with Gasteiger partial charge in [0.05, 0.1) is 0 Å². The van der Waals surface area contributed by atoms with Crippen LogP contribution in [0.5, 0.6) is 5.75 Å². The molecule has 1 aromatic heterocycles. The number of hydrogen-bond donors (Lipinski definition) is 0. The summed E-state index contributed by atoms with van der Waals surface area (Å²) in [5.74, 6) is 0.733. The number of fused-ring (bicyclic) bond motifs is 1. The summed E-state index contributed by atoms with van der Waals surface area (Å²) in [5, 5.41) is 0.898. The van der Waals surface area contributed by atoms with Crippen molar-refractivity contribution < 1.29 is 13.9 Å². The van der Waals surface area contributed by atoms with Crippen LogP contribution >= 0.6 is 0 Å². The van der Waals surface area contributed by atoms with Crippen LogP contribution in [-0.4, -0.2) is 11.9 Å². The van der Waals surface area contributed by atoms with Crippen LogP contribution in [-0.2, 0) is 4.79 Å². The van der Waals surface area contributed by atoms with E-state index in [4.69, 9.17) is 9.15 Å². The van der Waals surface area contributed by atoms with Gasteiger partial charge < -0.3 is 9.15 Å². The van der Waals surface area contributed by atoms with Crippen LogP contribution < -0.4 is 10.4 Å². The van der Waals surface area contributed by atoms with E-state index in [0.717, 1.165) is 30.2 Å². The maximum Gasteiger partial charge on any atom is 0.339 e. The molecule has 0 radical (unpaired) electrons. The molecule has 21 heavy (non-hydrogen) atoms. The molecular formula is C17H18O4. The minimum atomic E-state index is -0.366. The van der Waals surface area contributed by atoms with Crippen molar-refractivity contribution in [1.82, 2.24) is 0 Å². The number of carbonyl (C=O) groups is 1. The van der Waals surface area contributed by atoms with Gasteiger partial charge in [-0.25, -0.2) is 4.79 Å². The second kappa shape index (κ2) is 5.35. The van der Waals surface area contributed by atoms with E-state index in [-0.39, 0.29) is 17.5 Å². The Balaban J connectivity index is 1.96. The third kappa shape index (κ3) is 2.58. The van der Waals surface area contributed by atoms with Crippen LogP contribution in [0.3, 0.4) is 0 Å². The highest BCUT2D eigenvalue weighted by Crippen LogP contribution is 2.26. The average Bonchev–Trinajstić information content (AvgIpc) is 2.47. The lowest BCUT2D eigenvalue weighted by Gasteiger charge is -2.21. The fourth-order valence-corrected chi connectivity index (χ4v) is 2.74. The van der Waals surface area contributed by atoms with Gasteiger partial charge in [0.25, 0.3) is 0 Å². The van der Waals surface area contributed by atoms with E-state index >= 15 is 0 Å². The zero-order chi connectivity index (χ0) is 15.0. The molecule has 0 N–H and O–H groups in total. The lowest BCUT2D eigenvalue weighted by atomic mass is 9.96. The number of Topliss-reactive ketones (excluding diaryl/α,β-unsaturated/α-hetero) is 1. The first kappa shape index (κ1) is 13.9. The molecule has 1 fully saturated rings. The zero-order valence-electron chi connectivity index (χ0n) is 12.3. The highest BCUT2D eigenvalue weighted by Gasteiger charge is 2.24. The summed E-state index contributed by atoms with van der Waals surface area (Å²) in [5.41, 5.74) is 1.72. The van der Waals surface area contributed by atoms with Crippen molar-refractivity contribution in [3.05, 3.63) is 39.7 Å². The van der Waals surface area contributed by atoms with Crippen LogP contribution in [0.2, 0.25) is 0 Å². The molecule has 0 unspecified atom stereocenters. The summed E-state index contributed by atoms with van der Waals surface area (Å²) in [4.78, 5) is 23.6.